The normalized spacial score (nSPS) is 16.3. The van der Waals surface area contributed by atoms with E-state index in [0.717, 1.165) is 77.4 Å². The maximum atomic E-state index is 9.59. The minimum atomic E-state index is -0.0693. The monoisotopic (exact) mass is 626 g/mol. The lowest BCUT2D eigenvalue weighted by molar-refractivity contribution is 0.269. The Kier molecular flexibility index (Phi) is 5.76. The smallest absolute Gasteiger partial charge is 0.128 e. The van der Waals surface area contributed by atoms with E-state index in [1.165, 1.54) is 0 Å². The maximum absolute atomic E-state index is 9.59. The number of benzene rings is 6. The molecular weight excluding hydrogens is 601 g/mol. The number of para-hydroxylation sites is 2. The SMILES string of the molecule is N#Cc1ccc2c(c1)c1ccccc1n2-c1cccc(C2=CC3c4cc(-n5c6ccccc6c6cc(C#N)ccc65)ccc4OC3C=C2)c1. The number of nitriles is 2. The van der Waals surface area contributed by atoms with E-state index in [-0.39, 0.29) is 12.0 Å². The summed E-state index contributed by atoms with van der Waals surface area (Å²) in [7, 11) is 0. The zero-order valence-electron chi connectivity index (χ0n) is 26.2. The molecule has 0 saturated heterocycles. The van der Waals surface area contributed by atoms with Gasteiger partial charge in [-0.25, -0.2) is 0 Å². The topological polar surface area (TPSA) is 66.7 Å². The van der Waals surface area contributed by atoms with Gasteiger partial charge in [-0.2, -0.15) is 10.5 Å². The number of fused-ring (bicyclic) bond motifs is 9. The van der Waals surface area contributed by atoms with Crippen molar-refractivity contribution < 1.29 is 4.74 Å². The Bertz CT molecular complexity index is 2850. The molecule has 0 radical (unpaired) electrons. The second-order valence-corrected chi connectivity index (χ2v) is 12.8. The highest BCUT2D eigenvalue weighted by Gasteiger charge is 2.34. The number of hydrogen-bond donors (Lipinski definition) is 0. The number of aromatic nitrogens is 2. The van der Waals surface area contributed by atoms with Gasteiger partial charge >= 0.3 is 0 Å². The Labute approximate surface area is 282 Å². The molecule has 0 spiro atoms. The first-order valence-corrected chi connectivity index (χ1v) is 16.4. The van der Waals surface area contributed by atoms with Gasteiger partial charge in [0.05, 0.1) is 45.3 Å². The van der Waals surface area contributed by atoms with Crippen molar-refractivity contribution in [1.82, 2.24) is 9.13 Å². The van der Waals surface area contributed by atoms with Gasteiger partial charge in [-0.1, -0.05) is 60.7 Å². The van der Waals surface area contributed by atoms with E-state index >= 15 is 0 Å². The van der Waals surface area contributed by atoms with Crippen molar-refractivity contribution in [3.8, 4) is 29.3 Å². The molecule has 2 atom stereocenters. The molecule has 5 nitrogen and oxygen atoms in total. The lowest BCUT2D eigenvalue weighted by Crippen LogP contribution is -2.17. The van der Waals surface area contributed by atoms with Gasteiger partial charge in [-0.3, -0.25) is 0 Å². The Morgan fingerprint density at radius 3 is 1.82 bits per heavy atom. The van der Waals surface area contributed by atoms with Crippen LogP contribution in [-0.2, 0) is 0 Å². The third-order valence-electron chi connectivity index (χ3n) is 10.1. The summed E-state index contributed by atoms with van der Waals surface area (Å²) in [5.74, 6) is 0.971. The Hall–Kier alpha value is -6.82. The molecular formula is C44H26N4O. The number of hydrogen-bond acceptors (Lipinski definition) is 3. The van der Waals surface area contributed by atoms with E-state index in [9.17, 15) is 10.5 Å². The zero-order chi connectivity index (χ0) is 32.6. The van der Waals surface area contributed by atoms with E-state index in [1.807, 2.05) is 42.5 Å². The summed E-state index contributed by atoms with van der Waals surface area (Å²) < 4.78 is 11.0. The van der Waals surface area contributed by atoms with Crippen LogP contribution in [0.2, 0.25) is 0 Å². The highest BCUT2D eigenvalue weighted by molar-refractivity contribution is 6.10. The summed E-state index contributed by atoms with van der Waals surface area (Å²) in [6.45, 7) is 0. The molecule has 49 heavy (non-hydrogen) atoms. The third-order valence-corrected chi connectivity index (χ3v) is 10.1. The van der Waals surface area contributed by atoms with Crippen molar-refractivity contribution >= 4 is 49.2 Å². The Morgan fingerprint density at radius 2 is 1.16 bits per heavy atom. The number of ether oxygens (including phenoxy) is 1. The first kappa shape index (κ1) is 27.3. The van der Waals surface area contributed by atoms with Gasteiger partial charge in [0.15, 0.2) is 0 Å². The first-order chi connectivity index (χ1) is 24.2. The highest BCUT2D eigenvalue weighted by atomic mass is 16.5. The van der Waals surface area contributed by atoms with Gasteiger partial charge in [0.1, 0.15) is 11.9 Å². The summed E-state index contributed by atoms with van der Waals surface area (Å²) >= 11 is 0. The van der Waals surface area contributed by atoms with Crippen LogP contribution in [0.3, 0.4) is 0 Å². The Morgan fingerprint density at radius 1 is 0.551 bits per heavy atom. The molecule has 5 heteroatoms. The number of rotatable bonds is 3. The molecule has 6 aromatic carbocycles. The first-order valence-electron chi connectivity index (χ1n) is 16.4. The fourth-order valence-electron chi connectivity index (χ4n) is 7.89. The molecule has 1 aliphatic carbocycles. The molecule has 2 aromatic heterocycles. The molecule has 0 fully saturated rings. The molecule has 0 bridgehead atoms. The zero-order valence-corrected chi connectivity index (χ0v) is 26.2. The number of allylic oxidation sites excluding steroid dienone is 2. The predicted molar refractivity (Wildman–Crippen MR) is 195 cm³/mol. The van der Waals surface area contributed by atoms with Crippen LogP contribution in [-0.4, -0.2) is 15.2 Å². The highest BCUT2D eigenvalue weighted by Crippen LogP contribution is 2.45. The second kappa shape index (κ2) is 10.3. The third kappa shape index (κ3) is 4.03. The van der Waals surface area contributed by atoms with Crippen LogP contribution < -0.4 is 4.74 Å². The van der Waals surface area contributed by atoms with Gasteiger partial charge in [0, 0.05) is 44.4 Å². The average molecular weight is 627 g/mol. The molecule has 10 rings (SSSR count). The van der Waals surface area contributed by atoms with Gasteiger partial charge in [-0.05, 0) is 96.1 Å². The van der Waals surface area contributed by atoms with Crippen LogP contribution in [0, 0.1) is 22.7 Å². The fourth-order valence-corrected chi connectivity index (χ4v) is 7.89. The molecule has 0 saturated carbocycles. The van der Waals surface area contributed by atoms with Gasteiger partial charge < -0.3 is 13.9 Å². The van der Waals surface area contributed by atoms with E-state index in [0.29, 0.717) is 11.1 Å². The van der Waals surface area contributed by atoms with E-state index < -0.39 is 0 Å². The van der Waals surface area contributed by atoms with Crippen LogP contribution in [0.1, 0.15) is 28.2 Å². The Balaban J connectivity index is 1.08. The van der Waals surface area contributed by atoms with Crippen molar-refractivity contribution in [3.63, 3.8) is 0 Å². The summed E-state index contributed by atoms with van der Waals surface area (Å²) in [6, 6.07) is 48.4. The van der Waals surface area contributed by atoms with Crippen molar-refractivity contribution in [2.24, 2.45) is 0 Å². The van der Waals surface area contributed by atoms with Crippen molar-refractivity contribution in [1.29, 1.82) is 10.5 Å². The number of nitrogens with zero attached hydrogens (tertiary/aromatic N) is 4. The van der Waals surface area contributed by atoms with E-state index in [1.54, 1.807) is 0 Å². The van der Waals surface area contributed by atoms with Crippen molar-refractivity contribution in [3.05, 3.63) is 168 Å². The maximum Gasteiger partial charge on any atom is 0.128 e. The molecule has 1 aliphatic heterocycles. The molecule has 2 unspecified atom stereocenters. The average Bonchev–Trinajstić information content (AvgIpc) is 3.81. The second-order valence-electron chi connectivity index (χ2n) is 12.8. The summed E-state index contributed by atoms with van der Waals surface area (Å²) in [4.78, 5) is 0. The van der Waals surface area contributed by atoms with Crippen LogP contribution in [0.5, 0.6) is 5.75 Å². The van der Waals surface area contributed by atoms with E-state index in [4.69, 9.17) is 4.74 Å². The van der Waals surface area contributed by atoms with Crippen molar-refractivity contribution in [2.75, 3.05) is 0 Å². The summed E-state index contributed by atoms with van der Waals surface area (Å²) in [5, 5.41) is 23.6. The quantitative estimate of drug-likeness (QED) is 0.196. The fraction of sp³-hybridized carbons (Fsp3) is 0.0455. The van der Waals surface area contributed by atoms with Gasteiger partial charge in [0.2, 0.25) is 0 Å². The van der Waals surface area contributed by atoms with Crippen LogP contribution in [0.25, 0.3) is 60.6 Å². The van der Waals surface area contributed by atoms with Crippen LogP contribution in [0.15, 0.2) is 146 Å². The largest absolute Gasteiger partial charge is 0.485 e. The van der Waals surface area contributed by atoms with E-state index in [2.05, 4.69) is 124 Å². The summed E-state index contributed by atoms with van der Waals surface area (Å²) in [5.41, 5.74) is 11.3. The minimum absolute atomic E-state index is 0.0644. The lowest BCUT2D eigenvalue weighted by Gasteiger charge is -2.19. The summed E-state index contributed by atoms with van der Waals surface area (Å²) in [6.07, 6.45) is 6.63. The molecule has 2 aliphatic rings. The minimum Gasteiger partial charge on any atom is -0.485 e. The lowest BCUT2D eigenvalue weighted by atomic mass is 9.86. The van der Waals surface area contributed by atoms with Crippen LogP contribution in [0.4, 0.5) is 0 Å². The predicted octanol–water partition coefficient (Wildman–Crippen LogP) is 10.1. The molecule has 8 aromatic rings. The molecule has 228 valence electrons. The molecule has 0 N–H and O–H groups in total. The van der Waals surface area contributed by atoms with Crippen molar-refractivity contribution in [2.45, 2.75) is 12.0 Å². The molecule has 3 heterocycles. The van der Waals surface area contributed by atoms with Crippen LogP contribution >= 0.6 is 0 Å². The van der Waals surface area contributed by atoms with Gasteiger partial charge in [-0.15, -0.1) is 0 Å². The standard InChI is InChI=1S/C44H26N4O/c45-25-27-12-16-41-35(20-27)33-8-1-3-10-39(33)47(41)31-7-5-6-29(22-31)30-14-18-43-37(23-30)38-24-32(15-19-44(38)49-43)48-40-11-4-2-9-34(40)36-21-28(26-46)13-17-42(36)48/h1-24,37,43H. The molecule has 0 amide bonds. The van der Waals surface area contributed by atoms with Gasteiger partial charge in [0.25, 0.3) is 0 Å².